The second-order valence-electron chi connectivity index (χ2n) is 27.1. The molecule has 3 aliphatic heterocycles. The van der Waals surface area contributed by atoms with Crippen molar-refractivity contribution < 1.29 is 25.2 Å². The molecule has 1 unspecified atom stereocenters. The Morgan fingerprint density at radius 3 is 1.26 bits per heavy atom. The van der Waals surface area contributed by atoms with E-state index in [9.17, 15) is 20.4 Å². The smallest absolute Gasteiger partial charge is 0.119 e. The van der Waals surface area contributed by atoms with Crippen LogP contribution in [-0.4, -0.2) is 97.6 Å². The molecule has 4 fully saturated rings. The summed E-state index contributed by atoms with van der Waals surface area (Å²) in [5.41, 5.74) is 23.9. The topological polar surface area (TPSA) is 109 Å². The molecule has 1 spiro atoms. The molecule has 97 heavy (non-hydrogen) atoms. The summed E-state index contributed by atoms with van der Waals surface area (Å²) in [4.78, 5) is 5.05. The number of hydrogen-bond donors (Lipinski definition) is 5. The van der Waals surface area contributed by atoms with Crippen LogP contribution >= 0.6 is 0 Å². The number of phenolic OH excluding ortho intramolecular Hbond substituents is 1. The van der Waals surface area contributed by atoms with Crippen LogP contribution in [0, 0.1) is 19.3 Å². The van der Waals surface area contributed by atoms with Crippen LogP contribution in [0.25, 0.3) is 33.4 Å². The van der Waals surface area contributed by atoms with Gasteiger partial charge in [0, 0.05) is 58.2 Å². The number of aliphatic hydroxyl groups excluding tert-OH is 3. The number of hydrogen-bond acceptors (Lipinski definition) is 8. The number of phenols is 1. The van der Waals surface area contributed by atoms with Crippen molar-refractivity contribution in [2.75, 3.05) is 77.1 Å². The van der Waals surface area contributed by atoms with E-state index in [-0.39, 0.29) is 25.6 Å². The number of aromatic hydroxyl groups is 1. The van der Waals surface area contributed by atoms with Crippen LogP contribution in [0.3, 0.4) is 0 Å². The van der Waals surface area contributed by atoms with Gasteiger partial charge in [0.25, 0.3) is 0 Å². The van der Waals surface area contributed by atoms with Gasteiger partial charge in [0.2, 0.25) is 0 Å². The maximum Gasteiger partial charge on any atom is 0.119 e. The molecule has 4 aliphatic rings. The highest BCUT2D eigenvalue weighted by Crippen LogP contribution is 2.42. The Morgan fingerprint density at radius 1 is 0.443 bits per heavy atom. The quantitative estimate of drug-likeness (QED) is 0.0381. The highest BCUT2D eigenvalue weighted by molar-refractivity contribution is 6.01. The molecule has 0 amide bonds. The summed E-state index contributed by atoms with van der Waals surface area (Å²) in [5.74, 6) is 1.87. The first kappa shape index (κ1) is 69.7. The van der Waals surface area contributed by atoms with Crippen molar-refractivity contribution in [2.24, 2.45) is 5.41 Å². The van der Waals surface area contributed by atoms with E-state index >= 15 is 0 Å². The minimum Gasteiger partial charge on any atom is -0.508 e. The first-order chi connectivity index (χ1) is 47.7. The first-order valence-electron chi connectivity index (χ1n) is 35.9. The number of allylic oxidation sites excluding steroid dienone is 3. The Kier molecular flexibility index (Phi) is 25.6. The fraction of sp³-hybridized carbons (Fsp3) is 0.326. The molecule has 8 heteroatoms. The molecule has 9 aromatic rings. The third-order valence-electron chi connectivity index (χ3n) is 20.2. The predicted octanol–water partition coefficient (Wildman–Crippen LogP) is 18.9. The average molecular weight is 1290 g/mol. The largest absolute Gasteiger partial charge is 0.508 e. The number of benzene rings is 9. The van der Waals surface area contributed by atoms with Crippen LogP contribution in [-0.2, 0) is 0 Å². The van der Waals surface area contributed by atoms with E-state index < -0.39 is 0 Å². The number of piperidine rings is 1. The summed E-state index contributed by atoms with van der Waals surface area (Å²) < 4.78 is 6.15. The lowest BCUT2D eigenvalue weighted by Gasteiger charge is -2.29. The third kappa shape index (κ3) is 19.0. The zero-order valence-corrected chi connectivity index (χ0v) is 57.4. The number of aryl methyl sites for hydroxylation is 2. The summed E-state index contributed by atoms with van der Waals surface area (Å²) in [6, 6.07) is 83.3. The molecule has 1 atom stereocenters. The molecule has 502 valence electrons. The second kappa shape index (κ2) is 35.6. The van der Waals surface area contributed by atoms with Crippen molar-refractivity contribution in [3.8, 4) is 11.5 Å². The van der Waals surface area contributed by atoms with E-state index in [1.165, 1.54) is 148 Å². The van der Waals surface area contributed by atoms with Crippen LogP contribution in [0.15, 0.2) is 237 Å². The maximum atomic E-state index is 9.89. The Labute approximate surface area is 578 Å². The molecule has 1 saturated carbocycles. The van der Waals surface area contributed by atoms with Gasteiger partial charge in [-0.2, -0.15) is 0 Å². The Balaban J connectivity index is 0.000000149. The average Bonchev–Trinajstić information content (AvgIpc) is 1.64. The lowest BCUT2D eigenvalue weighted by molar-refractivity contribution is 0.217. The minimum absolute atomic E-state index is 0.140. The van der Waals surface area contributed by atoms with Gasteiger partial charge in [0.05, 0.1) is 0 Å². The Morgan fingerprint density at radius 2 is 0.856 bits per heavy atom. The Hall–Kier alpha value is -8.60. The monoisotopic (exact) mass is 1290 g/mol. The molecule has 13 rings (SSSR count). The van der Waals surface area contributed by atoms with E-state index in [1.54, 1.807) is 12.1 Å². The van der Waals surface area contributed by atoms with E-state index in [1.807, 2.05) is 30.3 Å². The normalized spacial score (nSPS) is 17.0. The molecule has 9 aromatic carbocycles. The van der Waals surface area contributed by atoms with Crippen LogP contribution < -0.4 is 15.0 Å². The van der Waals surface area contributed by atoms with E-state index in [2.05, 4.69) is 223 Å². The van der Waals surface area contributed by atoms with Gasteiger partial charge in [-0.15, -0.1) is 0 Å². The van der Waals surface area contributed by atoms with E-state index in [0.717, 1.165) is 98.8 Å². The maximum absolute atomic E-state index is 9.89. The van der Waals surface area contributed by atoms with Crippen molar-refractivity contribution in [2.45, 2.75) is 110 Å². The van der Waals surface area contributed by atoms with Crippen LogP contribution in [0.1, 0.15) is 163 Å². The summed E-state index contributed by atoms with van der Waals surface area (Å²) in [6.07, 6.45) is 15.2. The molecule has 3 saturated heterocycles. The van der Waals surface area contributed by atoms with Crippen molar-refractivity contribution in [1.29, 1.82) is 0 Å². The second-order valence-corrected chi connectivity index (χ2v) is 27.1. The molecule has 0 radical (unpaired) electrons. The summed E-state index contributed by atoms with van der Waals surface area (Å²) >= 11 is 0. The van der Waals surface area contributed by atoms with Gasteiger partial charge in [0.1, 0.15) is 18.1 Å². The van der Waals surface area contributed by atoms with E-state index in [0.29, 0.717) is 18.4 Å². The number of anilines is 1. The van der Waals surface area contributed by atoms with Crippen molar-refractivity contribution in [3.05, 3.63) is 303 Å². The molecule has 1 aliphatic carbocycles. The van der Waals surface area contributed by atoms with Crippen molar-refractivity contribution in [1.82, 2.24) is 10.2 Å². The molecule has 0 bridgehead atoms. The first-order valence-corrected chi connectivity index (χ1v) is 35.9. The van der Waals surface area contributed by atoms with Gasteiger partial charge in [-0.25, -0.2) is 0 Å². The Bertz CT molecular complexity index is 3920. The standard InChI is InChI=1S/C32H38N2O3.C29H33NO.C28H30O/c35-21-4-7-30(25-5-2-1-3-6-25)31(26-8-12-28(36)13-9-26)27-10-14-29(15-11-27)37-22-20-34-19-17-32(24-34)16-18-33-23-32;1-23-12-14-25(15-13-23)29(28(11-8-22-31)24-9-4-2-5-10-24)26-16-18-27(19-17-26)30-20-6-3-7-21-30;1-21-12-14-25(15-13-21)28(26-18-16-23(17-19-26)22-9-5-10-22)27(11-6-20-29)24-7-3-2-4-8-24/h1-3,5-6,8-15,33,35-36H,4,7,16-24H2;2,4-5,9-10,12-19,31H,3,6-8,11,20-22H2,1H3;2-4,7-8,12-19,22,29H,5-6,9-11,20H2,1H3/b31-30-;29-28-;28-27-. The van der Waals surface area contributed by atoms with Crippen molar-refractivity contribution in [3.63, 3.8) is 0 Å². The number of rotatable bonds is 24. The predicted molar refractivity (Wildman–Crippen MR) is 405 cm³/mol. The SMILES string of the molecule is Cc1ccc(/C(=C(\CCCO)c2ccccc2)c2ccc(C3CCC3)cc2)cc1.Cc1ccc(/C(=C(\CCCO)c2ccccc2)c2ccc(N3CCCCC3)cc2)cc1.OCCC/C(=C(\c1ccc(O)cc1)c1ccc(OCCN2CCC3(CCNC3)C2)cc1)c1ccccc1. The van der Waals surface area contributed by atoms with Crippen molar-refractivity contribution >= 4 is 39.1 Å². The fourth-order valence-corrected chi connectivity index (χ4v) is 14.6. The zero-order chi connectivity index (χ0) is 67.0. The van der Waals surface area contributed by atoms with E-state index in [4.69, 9.17) is 4.74 Å². The molecule has 8 nitrogen and oxygen atoms in total. The number of ether oxygens (including phenoxy) is 1. The lowest BCUT2D eigenvalue weighted by atomic mass is 9.79. The van der Waals surface area contributed by atoms with Crippen LogP contribution in [0.4, 0.5) is 5.69 Å². The highest BCUT2D eigenvalue weighted by atomic mass is 16.5. The van der Waals surface area contributed by atoms with Gasteiger partial charge < -0.3 is 35.4 Å². The van der Waals surface area contributed by atoms with Crippen LogP contribution in [0.2, 0.25) is 0 Å². The van der Waals surface area contributed by atoms with Gasteiger partial charge in [-0.05, 0) is 247 Å². The summed E-state index contributed by atoms with van der Waals surface area (Å²) in [6.45, 7) is 13.4. The number of likely N-dealkylation sites (tertiary alicyclic amines) is 1. The highest BCUT2D eigenvalue weighted by Gasteiger charge is 2.40. The molecular weight excluding hydrogens is 1190 g/mol. The van der Waals surface area contributed by atoms with Gasteiger partial charge in [0.15, 0.2) is 0 Å². The number of nitrogens with one attached hydrogen (secondary N) is 1. The molecular formula is C89H101N3O5. The van der Waals surface area contributed by atoms with Gasteiger partial charge in [-0.3, -0.25) is 4.90 Å². The number of nitrogens with zero attached hydrogens (tertiary/aromatic N) is 2. The number of aliphatic hydroxyl groups is 3. The minimum atomic E-state index is 0.140. The summed E-state index contributed by atoms with van der Waals surface area (Å²) in [5, 5.41) is 42.1. The molecule has 5 N–H and O–H groups in total. The van der Waals surface area contributed by atoms with Gasteiger partial charge >= 0.3 is 0 Å². The summed E-state index contributed by atoms with van der Waals surface area (Å²) in [7, 11) is 0. The third-order valence-corrected chi connectivity index (χ3v) is 20.2. The zero-order valence-electron chi connectivity index (χ0n) is 57.4. The fourth-order valence-electron chi connectivity index (χ4n) is 14.6. The molecule has 0 aromatic heterocycles. The lowest BCUT2D eigenvalue weighted by Crippen LogP contribution is -2.31. The van der Waals surface area contributed by atoms with Gasteiger partial charge in [-0.1, -0.05) is 218 Å². The molecule has 3 heterocycles. The van der Waals surface area contributed by atoms with Crippen LogP contribution in [0.5, 0.6) is 11.5 Å².